The highest BCUT2D eigenvalue weighted by Gasteiger charge is 2.50. The van der Waals surface area contributed by atoms with Crippen molar-refractivity contribution in [1.82, 2.24) is 4.57 Å². The second-order valence-corrected chi connectivity index (χ2v) is 20.7. The number of para-hydroxylation sites is 2. The van der Waals surface area contributed by atoms with Gasteiger partial charge in [-0.2, -0.15) is 0 Å². The molecule has 0 N–H and O–H groups in total. The summed E-state index contributed by atoms with van der Waals surface area (Å²) >= 11 is 0. The van der Waals surface area contributed by atoms with E-state index in [-0.39, 0.29) is 17.7 Å². The van der Waals surface area contributed by atoms with Gasteiger partial charge in [-0.3, -0.25) is 0 Å². The van der Waals surface area contributed by atoms with Gasteiger partial charge in [0.2, 0.25) is 0 Å². The average Bonchev–Trinajstić information content (AvgIpc) is 4.02. The third-order valence-electron chi connectivity index (χ3n) is 15.8. The number of aromatic nitrogens is 1. The first kappa shape index (κ1) is 35.5. The summed E-state index contributed by atoms with van der Waals surface area (Å²) in [5, 5.41) is 7.37. The number of anilines is 2. The summed E-state index contributed by atoms with van der Waals surface area (Å²) in [6.07, 6.45) is 4.74. The van der Waals surface area contributed by atoms with Crippen LogP contribution in [-0.2, 0) is 23.7 Å². The molecule has 4 aliphatic rings. The molecule has 0 bridgehead atoms. The van der Waals surface area contributed by atoms with Crippen molar-refractivity contribution < 1.29 is 8.83 Å². The molecule has 0 radical (unpaired) electrons. The zero-order chi connectivity index (χ0) is 42.5. The van der Waals surface area contributed by atoms with Gasteiger partial charge in [-0.25, -0.2) is 0 Å². The van der Waals surface area contributed by atoms with E-state index in [2.05, 4.69) is 177 Å². The number of furan rings is 2. The van der Waals surface area contributed by atoms with Crippen LogP contribution >= 0.6 is 0 Å². The highest BCUT2D eigenvalue weighted by Crippen LogP contribution is 2.59. The van der Waals surface area contributed by atoms with E-state index in [0.29, 0.717) is 0 Å². The zero-order valence-electron chi connectivity index (χ0n) is 36.8. The lowest BCUT2D eigenvalue weighted by molar-refractivity contribution is 0.590. The summed E-state index contributed by atoms with van der Waals surface area (Å²) in [6, 6.07) is 50.7. The summed E-state index contributed by atoms with van der Waals surface area (Å²) in [7, 11) is 0. The molecule has 0 saturated carbocycles. The van der Waals surface area contributed by atoms with E-state index >= 15 is 0 Å². The van der Waals surface area contributed by atoms with E-state index in [4.69, 9.17) is 8.83 Å². The van der Waals surface area contributed by atoms with Crippen molar-refractivity contribution in [1.29, 1.82) is 0 Å². The lowest BCUT2D eigenvalue weighted by Gasteiger charge is -2.43. The molecular weight excluding hydrogens is 779 g/mol. The third-order valence-corrected chi connectivity index (χ3v) is 15.8. The molecule has 5 heterocycles. The zero-order valence-corrected chi connectivity index (χ0v) is 36.8. The second-order valence-electron chi connectivity index (χ2n) is 20.7. The molecule has 0 unspecified atom stereocenters. The molecule has 2 aliphatic carbocycles. The number of hydrogen-bond acceptors (Lipinski definition) is 3. The van der Waals surface area contributed by atoms with Crippen LogP contribution in [0.25, 0.3) is 93.6 Å². The fourth-order valence-electron chi connectivity index (χ4n) is 12.9. The molecule has 11 aromatic rings. The Balaban J connectivity index is 1.20. The predicted octanol–water partition coefficient (Wildman–Crippen LogP) is 14.3. The molecule has 15 rings (SSSR count). The number of hydrogen-bond donors (Lipinski definition) is 0. The lowest BCUT2D eigenvalue weighted by atomic mass is 9.43. The predicted molar refractivity (Wildman–Crippen MR) is 267 cm³/mol. The van der Waals surface area contributed by atoms with Gasteiger partial charge in [0.1, 0.15) is 22.3 Å². The molecule has 5 heteroatoms. The summed E-state index contributed by atoms with van der Waals surface area (Å²) in [5.74, 6) is 0. The van der Waals surface area contributed by atoms with Crippen molar-refractivity contribution >= 4 is 94.8 Å². The molecule has 0 atom stereocenters. The van der Waals surface area contributed by atoms with Gasteiger partial charge in [-0.05, 0) is 129 Å². The Hall–Kier alpha value is -6.98. The van der Waals surface area contributed by atoms with Gasteiger partial charge in [0.15, 0.2) is 0 Å². The van der Waals surface area contributed by atoms with Crippen molar-refractivity contribution in [2.24, 2.45) is 0 Å². The van der Waals surface area contributed by atoms with E-state index < -0.39 is 0 Å². The highest BCUT2D eigenvalue weighted by atomic mass is 16.3. The van der Waals surface area contributed by atoms with E-state index in [1.807, 2.05) is 0 Å². The van der Waals surface area contributed by atoms with E-state index in [1.54, 1.807) is 0 Å². The van der Waals surface area contributed by atoms with Crippen LogP contribution in [0.4, 0.5) is 11.4 Å². The summed E-state index contributed by atoms with van der Waals surface area (Å²) in [5.41, 5.74) is 24.8. The maximum Gasteiger partial charge on any atom is 0.333 e. The first-order chi connectivity index (χ1) is 31.1. The van der Waals surface area contributed by atoms with Gasteiger partial charge in [0.25, 0.3) is 0 Å². The highest BCUT2D eigenvalue weighted by molar-refractivity contribution is 6.94. The Morgan fingerprint density at radius 1 is 0.578 bits per heavy atom. The largest absolute Gasteiger partial charge is 0.456 e. The SMILES string of the molecule is CC(C)(C)c1ccc(N2B3c4cc5c(cc4-n4c6cc7c(cc6c6c8c(c(c3c64)-c3cc4c(cc32)oc2ccccc24)-c2ccccc2C8(C)C)CCCC7)oc2ccccc25)cc1. The van der Waals surface area contributed by atoms with Crippen LogP contribution in [0.3, 0.4) is 0 Å². The summed E-state index contributed by atoms with van der Waals surface area (Å²) in [6.45, 7) is 11.7. The minimum atomic E-state index is -0.249. The van der Waals surface area contributed by atoms with Gasteiger partial charge in [0, 0.05) is 72.5 Å². The van der Waals surface area contributed by atoms with Gasteiger partial charge in [-0.15, -0.1) is 0 Å². The van der Waals surface area contributed by atoms with Crippen molar-refractivity contribution in [3.63, 3.8) is 0 Å². The fourth-order valence-corrected chi connectivity index (χ4v) is 12.9. The Morgan fingerprint density at radius 2 is 1.22 bits per heavy atom. The van der Waals surface area contributed by atoms with Crippen molar-refractivity contribution in [2.45, 2.75) is 71.1 Å². The lowest BCUT2D eigenvalue weighted by Crippen LogP contribution is -2.60. The van der Waals surface area contributed by atoms with Gasteiger partial charge in [0.05, 0.1) is 11.0 Å². The molecule has 0 fully saturated rings. The Labute approximate surface area is 371 Å². The van der Waals surface area contributed by atoms with Crippen LogP contribution in [-0.4, -0.2) is 11.4 Å². The number of aryl methyl sites for hydroxylation is 2. The smallest absolute Gasteiger partial charge is 0.333 e. The third kappa shape index (κ3) is 4.31. The number of benzene rings is 8. The quantitative estimate of drug-likeness (QED) is 0.155. The monoisotopic (exact) mass is 824 g/mol. The standard InChI is InChI=1S/C59H45BN2O2/c1-58(2,3)34-22-24-35(25-23-34)62-46-30-50-39(36-16-9-12-20-48(36)63-50)28-42(46)53-52-38-18-8-11-19-43(38)59(4,5)55(52)54-41-26-32-14-6-7-15-33(32)27-45(41)61-47-31-51-40(37-17-10-13-21-49(37)64-51)29-44(47)60(62)56(53)57(54)61/h8-13,16-31H,6-7,14-15H2,1-5H3. The van der Waals surface area contributed by atoms with Crippen LogP contribution < -0.4 is 15.7 Å². The normalized spacial score (nSPS) is 15.7. The molecule has 306 valence electrons. The van der Waals surface area contributed by atoms with Gasteiger partial charge < -0.3 is 18.2 Å². The topological polar surface area (TPSA) is 34.5 Å². The minimum Gasteiger partial charge on any atom is -0.456 e. The molecule has 0 saturated heterocycles. The van der Waals surface area contributed by atoms with Gasteiger partial charge in [-0.1, -0.05) is 113 Å². The molecule has 4 nitrogen and oxygen atoms in total. The van der Waals surface area contributed by atoms with Gasteiger partial charge >= 0.3 is 6.85 Å². The maximum atomic E-state index is 6.80. The van der Waals surface area contributed by atoms with Crippen LogP contribution in [0.1, 0.15) is 75.3 Å². The first-order valence-corrected chi connectivity index (χ1v) is 23.2. The number of fused-ring (bicyclic) bond motifs is 20. The Morgan fingerprint density at radius 3 is 1.94 bits per heavy atom. The van der Waals surface area contributed by atoms with Crippen LogP contribution in [0.2, 0.25) is 0 Å². The van der Waals surface area contributed by atoms with Crippen LogP contribution in [0, 0.1) is 0 Å². The number of nitrogens with zero attached hydrogens (tertiary/aromatic N) is 2. The second kappa shape index (κ2) is 11.8. The molecule has 0 amide bonds. The van der Waals surface area contributed by atoms with E-state index in [9.17, 15) is 0 Å². The maximum absolute atomic E-state index is 6.80. The fraction of sp³-hybridized carbons (Fsp3) is 0.186. The molecule has 0 spiro atoms. The molecular formula is C59H45BN2O2. The number of rotatable bonds is 1. The Kier molecular flexibility index (Phi) is 6.53. The summed E-state index contributed by atoms with van der Waals surface area (Å²) < 4.78 is 16.3. The molecule has 3 aromatic heterocycles. The molecule has 64 heavy (non-hydrogen) atoms. The Bertz CT molecular complexity index is 3930. The first-order valence-electron chi connectivity index (χ1n) is 23.2. The van der Waals surface area contributed by atoms with Crippen molar-refractivity contribution in [3.8, 4) is 27.9 Å². The van der Waals surface area contributed by atoms with Crippen LogP contribution in [0.15, 0.2) is 142 Å². The minimum absolute atomic E-state index is 0.0176. The van der Waals surface area contributed by atoms with Crippen molar-refractivity contribution in [3.05, 3.63) is 161 Å². The van der Waals surface area contributed by atoms with E-state index in [1.165, 1.54) is 107 Å². The average molecular weight is 825 g/mol. The summed E-state index contributed by atoms with van der Waals surface area (Å²) in [4.78, 5) is 2.66. The van der Waals surface area contributed by atoms with Crippen molar-refractivity contribution in [2.75, 3.05) is 4.81 Å². The molecule has 2 aliphatic heterocycles. The van der Waals surface area contributed by atoms with Crippen LogP contribution in [0.5, 0.6) is 0 Å². The molecule has 8 aromatic carbocycles. The van der Waals surface area contributed by atoms with E-state index in [0.717, 1.165) is 62.4 Å².